The van der Waals surface area contributed by atoms with Gasteiger partial charge in [-0.1, -0.05) is 48.5 Å². The molecule has 0 spiro atoms. The first kappa shape index (κ1) is 49.6. The van der Waals surface area contributed by atoms with E-state index in [4.69, 9.17) is 16.6 Å². The molecule has 7 amide bonds. The number of carbonyl (C=O) groups excluding carboxylic acids is 8. The summed E-state index contributed by atoms with van der Waals surface area (Å²) in [6.45, 7) is -0.783. The first-order chi connectivity index (χ1) is 31.7. The maximum absolute atomic E-state index is 14.4. The smallest absolute Gasteiger partial charge is 0.303 e. The normalized spacial score (nSPS) is 16.2. The summed E-state index contributed by atoms with van der Waals surface area (Å²) in [7, 11) is 0. The maximum Gasteiger partial charge on any atom is 0.303 e. The van der Waals surface area contributed by atoms with Crippen LogP contribution in [0.25, 0.3) is 10.9 Å². The second-order valence-electron chi connectivity index (χ2n) is 15.9. The summed E-state index contributed by atoms with van der Waals surface area (Å²) in [5, 5.41) is 32.8. The Labute approximate surface area is 378 Å². The van der Waals surface area contributed by atoms with E-state index in [2.05, 4.69) is 41.5 Å². The molecule has 7 atom stereocenters. The molecular formula is C44H55N11O11. The summed E-state index contributed by atoms with van der Waals surface area (Å²) in [6, 6.07) is 6.83. The van der Waals surface area contributed by atoms with Crippen LogP contribution in [0.5, 0.6) is 0 Å². The number of aromatic amines is 2. The van der Waals surface area contributed by atoms with Crippen LogP contribution in [0.4, 0.5) is 0 Å². The number of amides is 7. The van der Waals surface area contributed by atoms with Gasteiger partial charge in [-0.15, -0.1) is 0 Å². The van der Waals surface area contributed by atoms with Crippen molar-refractivity contribution >= 4 is 64.5 Å². The van der Waals surface area contributed by atoms with Crippen LogP contribution in [0.3, 0.4) is 0 Å². The number of nitrogens with zero attached hydrogens (tertiary/aromatic N) is 2. The molecule has 1 aliphatic rings. The monoisotopic (exact) mass is 913 g/mol. The summed E-state index contributed by atoms with van der Waals surface area (Å²) in [4.78, 5) is 129. The number of carboxylic acids is 1. The molecule has 66 heavy (non-hydrogen) atoms. The molecule has 1 aliphatic heterocycles. The number of hydrogen-bond acceptors (Lipinski definition) is 12. The molecule has 3 heterocycles. The molecule has 0 unspecified atom stereocenters. The van der Waals surface area contributed by atoms with Crippen molar-refractivity contribution in [3.63, 3.8) is 0 Å². The van der Waals surface area contributed by atoms with Crippen LogP contribution in [0.2, 0.25) is 0 Å². The van der Waals surface area contributed by atoms with Gasteiger partial charge < -0.3 is 67.9 Å². The summed E-state index contributed by atoms with van der Waals surface area (Å²) in [6.07, 6.45) is 3.98. The van der Waals surface area contributed by atoms with Gasteiger partial charge in [-0.3, -0.25) is 38.4 Å². The predicted molar refractivity (Wildman–Crippen MR) is 235 cm³/mol. The molecular weight excluding hydrogens is 859 g/mol. The van der Waals surface area contributed by atoms with Crippen LogP contribution in [0, 0.1) is 0 Å². The van der Waals surface area contributed by atoms with Crippen molar-refractivity contribution in [1.82, 2.24) is 46.4 Å². The van der Waals surface area contributed by atoms with E-state index >= 15 is 0 Å². The number of aliphatic hydroxyl groups is 1. The molecule has 22 nitrogen and oxygen atoms in total. The predicted octanol–water partition coefficient (Wildman–Crippen LogP) is -2.02. The zero-order valence-corrected chi connectivity index (χ0v) is 35.9. The van der Waals surface area contributed by atoms with Gasteiger partial charge in [0.2, 0.25) is 41.4 Å². The minimum atomic E-state index is -1.52. The number of carbonyl (C=O) groups is 9. The van der Waals surface area contributed by atoms with Crippen LogP contribution in [0.1, 0.15) is 55.3 Å². The van der Waals surface area contributed by atoms with E-state index in [1.807, 2.05) is 24.3 Å². The average Bonchev–Trinajstić information content (AvgIpc) is 4.10. The Morgan fingerprint density at radius 1 is 0.788 bits per heavy atom. The van der Waals surface area contributed by atoms with E-state index in [-0.39, 0.29) is 51.5 Å². The minimum absolute atomic E-state index is 0.0619. The zero-order valence-electron chi connectivity index (χ0n) is 35.9. The molecule has 1 saturated heterocycles. The van der Waals surface area contributed by atoms with Gasteiger partial charge >= 0.3 is 5.97 Å². The summed E-state index contributed by atoms with van der Waals surface area (Å²) < 4.78 is 0. The number of aliphatic hydroxyl groups excluding tert-OH is 1. The minimum Gasteiger partial charge on any atom is -0.481 e. The van der Waals surface area contributed by atoms with Crippen LogP contribution in [0.15, 0.2) is 73.3 Å². The number of rotatable bonds is 25. The number of nitrogens with two attached hydrogens (primary N) is 2. The van der Waals surface area contributed by atoms with E-state index in [0.717, 1.165) is 16.5 Å². The second-order valence-corrected chi connectivity index (χ2v) is 15.9. The van der Waals surface area contributed by atoms with Gasteiger partial charge in [-0.25, -0.2) is 4.98 Å². The lowest BCUT2D eigenvalue weighted by molar-refractivity contribution is -0.142. The molecule has 1 fully saturated rings. The van der Waals surface area contributed by atoms with E-state index in [9.17, 15) is 48.3 Å². The number of aldehydes is 1. The number of H-pyrrole nitrogens is 2. The van der Waals surface area contributed by atoms with Crippen molar-refractivity contribution in [3.8, 4) is 0 Å². The molecule has 0 radical (unpaired) electrons. The summed E-state index contributed by atoms with van der Waals surface area (Å²) >= 11 is 0. The molecule has 13 N–H and O–H groups in total. The molecule has 22 heteroatoms. The van der Waals surface area contributed by atoms with Crippen molar-refractivity contribution in [1.29, 1.82) is 0 Å². The SMILES string of the molecule is NC(=O)CC[C@H](NC(=O)[C@@H]1CCCN1C(=O)[C@H](Cc1cnc[nH]1)NC(=O)[C@H](CO)NC(=O)[C@@H](N)Cc1c[nH]c2ccccc12)C(=O)N[C@@H](Cc1ccccc1)C(=O)N[C@H](C=O)CCC(=O)O. The lowest BCUT2D eigenvalue weighted by Crippen LogP contribution is -2.60. The zero-order chi connectivity index (χ0) is 47.8. The van der Waals surface area contributed by atoms with E-state index < -0.39 is 103 Å². The number of primary amides is 1. The fraction of sp³-hybridized carbons (Fsp3) is 0.409. The first-order valence-corrected chi connectivity index (χ1v) is 21.4. The molecule has 0 aliphatic carbocycles. The van der Waals surface area contributed by atoms with E-state index in [1.54, 1.807) is 36.5 Å². The number of imidazole rings is 1. The van der Waals surface area contributed by atoms with Crippen LogP contribution in [-0.2, 0) is 62.4 Å². The van der Waals surface area contributed by atoms with Gasteiger partial charge in [0.25, 0.3) is 0 Å². The number of para-hydroxylation sites is 1. The quantitative estimate of drug-likeness (QED) is 0.0321. The molecule has 352 valence electrons. The van der Waals surface area contributed by atoms with Crippen LogP contribution < -0.4 is 38.1 Å². The third kappa shape index (κ3) is 14.0. The average molecular weight is 914 g/mol. The Morgan fingerprint density at radius 2 is 1.47 bits per heavy atom. The van der Waals surface area contributed by atoms with Crippen molar-refractivity contribution in [2.75, 3.05) is 13.2 Å². The van der Waals surface area contributed by atoms with Crippen LogP contribution in [-0.4, -0.2) is 139 Å². The van der Waals surface area contributed by atoms with Gasteiger partial charge in [0.1, 0.15) is 36.5 Å². The number of likely N-dealkylation sites (tertiary alicyclic amines) is 1. The molecule has 5 rings (SSSR count). The Balaban J connectivity index is 1.29. The summed E-state index contributed by atoms with van der Waals surface area (Å²) in [5.41, 5.74) is 14.3. The molecule has 0 saturated carbocycles. The first-order valence-electron chi connectivity index (χ1n) is 21.4. The fourth-order valence-electron chi connectivity index (χ4n) is 7.59. The number of carboxylic acid groups (broad SMARTS) is 1. The highest BCUT2D eigenvalue weighted by Gasteiger charge is 2.40. The largest absolute Gasteiger partial charge is 0.481 e. The van der Waals surface area contributed by atoms with Gasteiger partial charge in [-0.05, 0) is 49.3 Å². The number of nitrogens with one attached hydrogen (secondary N) is 7. The number of hydrogen-bond donors (Lipinski definition) is 11. The third-order valence-electron chi connectivity index (χ3n) is 11.1. The molecule has 0 bridgehead atoms. The second kappa shape index (κ2) is 24.0. The van der Waals surface area contributed by atoms with Gasteiger partial charge in [0.15, 0.2) is 0 Å². The maximum atomic E-state index is 14.4. The van der Waals surface area contributed by atoms with Crippen LogP contribution >= 0.6 is 0 Å². The van der Waals surface area contributed by atoms with Gasteiger partial charge in [0.05, 0.1) is 25.0 Å². The number of aromatic nitrogens is 3. The topological polar surface area (TPSA) is 354 Å². The highest BCUT2D eigenvalue weighted by molar-refractivity contribution is 5.97. The molecule has 2 aromatic heterocycles. The lowest BCUT2D eigenvalue weighted by atomic mass is 10.0. The highest BCUT2D eigenvalue weighted by atomic mass is 16.4. The van der Waals surface area contributed by atoms with Gasteiger partial charge in [-0.2, -0.15) is 0 Å². The Hall–Kier alpha value is -7.46. The standard InChI is InChI=1S/C44H55N11O11/c45-30(18-26-20-48-31-10-5-4-9-29(26)31)39(61)54-35(23-57)42(64)53-34(19-28-21-47-24-49-28)44(66)55-16-6-11-36(55)43(65)51-32(13-14-37(46)58)40(62)52-33(17-25-7-2-1-3-8-25)41(63)50-27(22-56)12-15-38(59)60/h1-5,7-10,20-22,24,27,30,32-36,48,57H,6,11-19,23,45H2,(H2,46,58)(H,47,49)(H,50,63)(H,51,65)(H,52,62)(H,53,64)(H,54,61)(H,59,60)/t27-,30-,32-,33-,34-,35-,36-/m0/s1. The van der Waals surface area contributed by atoms with Gasteiger partial charge in [0, 0.05) is 61.2 Å². The highest BCUT2D eigenvalue weighted by Crippen LogP contribution is 2.21. The van der Waals surface area contributed by atoms with Crippen molar-refractivity contribution in [2.24, 2.45) is 11.5 Å². The summed E-state index contributed by atoms with van der Waals surface area (Å²) in [5.74, 6) is -6.84. The third-order valence-corrected chi connectivity index (χ3v) is 11.1. The molecule has 4 aromatic rings. The lowest BCUT2D eigenvalue weighted by Gasteiger charge is -2.31. The van der Waals surface area contributed by atoms with Crippen molar-refractivity contribution in [2.45, 2.75) is 100 Å². The Bertz CT molecular complexity index is 2340. The van der Waals surface area contributed by atoms with E-state index in [1.165, 1.54) is 17.4 Å². The molecule has 2 aromatic carbocycles. The van der Waals surface area contributed by atoms with E-state index in [0.29, 0.717) is 24.0 Å². The van der Waals surface area contributed by atoms with Crippen molar-refractivity contribution < 1.29 is 53.4 Å². The number of benzene rings is 2. The Morgan fingerprint density at radius 3 is 2.15 bits per heavy atom. The number of fused-ring (bicyclic) bond motifs is 1. The van der Waals surface area contributed by atoms with Crippen molar-refractivity contribution in [3.05, 3.63) is 90.1 Å². The fourth-order valence-corrected chi connectivity index (χ4v) is 7.59. The Kier molecular flexibility index (Phi) is 18.0. The number of aliphatic carboxylic acids is 1.